The van der Waals surface area contributed by atoms with Crippen LogP contribution in [0.25, 0.3) is 0 Å². The summed E-state index contributed by atoms with van der Waals surface area (Å²) in [5.41, 5.74) is 4.41. The molecule has 1 radical (unpaired) electrons. The average molecular weight is 703 g/mol. The molecule has 0 aliphatic rings. The van der Waals surface area contributed by atoms with E-state index in [0.717, 1.165) is 11.1 Å². The first-order valence-electron chi connectivity index (χ1n) is 15.9. The van der Waals surface area contributed by atoms with Gasteiger partial charge in [-0.2, -0.15) is 0 Å². The number of likely N-dealkylation sites (N-methyl/N-ethyl adjacent to an activating group) is 2. The van der Waals surface area contributed by atoms with Crippen molar-refractivity contribution in [2.75, 3.05) is 53.8 Å². The van der Waals surface area contributed by atoms with Gasteiger partial charge >= 0.3 is 12.0 Å². The van der Waals surface area contributed by atoms with Crippen LogP contribution in [0.15, 0.2) is 97.1 Å². The van der Waals surface area contributed by atoms with Crippen LogP contribution in [0, 0.1) is 13.8 Å². The normalized spacial score (nSPS) is 10.9. The van der Waals surface area contributed by atoms with E-state index in [2.05, 4.69) is 10.6 Å². The van der Waals surface area contributed by atoms with E-state index in [1.165, 1.54) is 27.7 Å². The first kappa shape index (κ1) is 40.3. The van der Waals surface area contributed by atoms with Gasteiger partial charge in [0.2, 0.25) is 11.8 Å². The van der Waals surface area contributed by atoms with Gasteiger partial charge in [0.1, 0.15) is 12.3 Å². The molecule has 4 rings (SSSR count). The second-order valence-electron chi connectivity index (χ2n) is 11.8. The van der Waals surface area contributed by atoms with Gasteiger partial charge in [-0.25, -0.2) is 4.79 Å². The van der Waals surface area contributed by atoms with Gasteiger partial charge in [0, 0.05) is 60.7 Å². The molecule has 4 aromatic rings. The quantitative estimate of drug-likeness (QED) is 0.167. The number of carboxylic acids is 1. The van der Waals surface area contributed by atoms with Crippen LogP contribution in [0.5, 0.6) is 5.75 Å². The molecule has 0 aliphatic heterocycles. The summed E-state index contributed by atoms with van der Waals surface area (Å²) >= 11 is 0. The van der Waals surface area contributed by atoms with Crippen LogP contribution >= 0.6 is 0 Å². The molecule has 13 heteroatoms. The Balaban J connectivity index is 0.00000702. The molecule has 4 aromatic carbocycles. The predicted octanol–water partition coefficient (Wildman–Crippen LogP) is 4.97. The predicted molar refractivity (Wildman–Crippen MR) is 199 cm³/mol. The molecule has 1 unspecified atom stereocenters. The molecule has 12 nitrogen and oxygen atoms in total. The van der Waals surface area contributed by atoms with Gasteiger partial charge in [-0.05, 0) is 86.0 Å². The summed E-state index contributed by atoms with van der Waals surface area (Å²) in [5, 5.41) is 14.5. The Kier molecular flexibility index (Phi) is 14.8. The molecule has 5 amide bonds. The van der Waals surface area contributed by atoms with Crippen LogP contribution in [0.2, 0.25) is 0 Å². The number of nitrogens with zero attached hydrogens (tertiary/aromatic N) is 3. The van der Waals surface area contributed by atoms with Crippen molar-refractivity contribution < 1.29 is 33.8 Å². The summed E-state index contributed by atoms with van der Waals surface area (Å²) in [6.45, 7) is 4.18. The zero-order valence-electron chi connectivity index (χ0n) is 29.7. The van der Waals surface area contributed by atoms with Crippen molar-refractivity contribution in [1.29, 1.82) is 0 Å². The fourth-order valence-corrected chi connectivity index (χ4v) is 5.13. The molecule has 0 aliphatic carbocycles. The Morgan fingerprint density at radius 3 is 2.04 bits per heavy atom. The zero-order valence-corrected chi connectivity index (χ0v) is 31.7. The minimum Gasteiger partial charge on any atom is -0.482 e. The van der Waals surface area contributed by atoms with E-state index >= 15 is 0 Å². The number of rotatable bonds is 13. The zero-order chi connectivity index (χ0) is 36.4. The number of urea groups is 1. The fourth-order valence-electron chi connectivity index (χ4n) is 5.13. The maximum atomic E-state index is 13.8. The number of ether oxygens (including phenoxy) is 1. The first-order valence-corrected chi connectivity index (χ1v) is 15.9. The fraction of sp³-hybridized carbons (Fsp3) is 0.237. The topological polar surface area (TPSA) is 149 Å². The second-order valence-corrected chi connectivity index (χ2v) is 11.8. The van der Waals surface area contributed by atoms with Crippen LogP contribution < -0.4 is 30.1 Å². The minimum atomic E-state index is -1.01. The van der Waals surface area contributed by atoms with E-state index in [0.29, 0.717) is 22.6 Å². The number of nitrogens with one attached hydrogen (secondary N) is 2. The molecule has 261 valence electrons. The number of benzene rings is 4. The molecule has 0 bridgehead atoms. The summed E-state index contributed by atoms with van der Waals surface area (Å²) in [6.07, 6.45) is 0. The van der Waals surface area contributed by atoms with Gasteiger partial charge in [0.05, 0.1) is 18.2 Å². The van der Waals surface area contributed by atoms with Crippen LogP contribution in [0.3, 0.4) is 0 Å². The largest absolute Gasteiger partial charge is 0.482 e. The molecule has 3 N–H and O–H groups in total. The second kappa shape index (κ2) is 18.7. The molecule has 1 atom stereocenters. The Labute approximate surface area is 319 Å². The van der Waals surface area contributed by atoms with Gasteiger partial charge in [0.25, 0.3) is 5.91 Å². The summed E-state index contributed by atoms with van der Waals surface area (Å²) < 4.78 is 5.96. The number of hydrogen-bond acceptors (Lipinski definition) is 6. The van der Waals surface area contributed by atoms with Crippen molar-refractivity contribution in [3.8, 4) is 5.75 Å². The third kappa shape index (κ3) is 11.2. The first-order chi connectivity index (χ1) is 23.8. The summed E-state index contributed by atoms with van der Waals surface area (Å²) in [5.74, 6) is -2.98. The monoisotopic (exact) mass is 702 g/mol. The van der Waals surface area contributed by atoms with Gasteiger partial charge in [-0.15, -0.1) is 0 Å². The Hall–Kier alpha value is -5.17. The van der Waals surface area contributed by atoms with Crippen molar-refractivity contribution in [2.24, 2.45) is 0 Å². The Morgan fingerprint density at radius 2 is 1.37 bits per heavy atom. The number of anilines is 4. The number of carboxylic acid groups (broad SMARTS) is 1. The number of carbonyl (C=O) groups is 5. The SMILES string of the molecule is Cc1cc(C)cc(N(C)C(=O)COc2ccccc2N(CC(=O)N(C)c2ccccc2)C(=O)CNC(=O)Nc2cccc(C(C)C(=O)O)c2)c1.[Na]. The van der Waals surface area contributed by atoms with Gasteiger partial charge in [0.15, 0.2) is 6.61 Å². The van der Waals surface area contributed by atoms with Crippen LogP contribution in [0.1, 0.15) is 29.5 Å². The summed E-state index contributed by atoms with van der Waals surface area (Å²) in [6, 6.07) is 26.9. The molecular formula is C38H41N5NaO7. The molecular weight excluding hydrogens is 661 g/mol. The maximum Gasteiger partial charge on any atom is 0.319 e. The van der Waals surface area contributed by atoms with E-state index in [1.807, 2.05) is 38.1 Å². The number of aliphatic carboxylic acids is 1. The van der Waals surface area contributed by atoms with Crippen molar-refractivity contribution in [2.45, 2.75) is 26.7 Å². The summed E-state index contributed by atoms with van der Waals surface area (Å²) in [7, 11) is 3.24. The molecule has 0 saturated carbocycles. The molecule has 0 saturated heterocycles. The number of para-hydroxylation sites is 3. The van der Waals surface area contributed by atoms with Crippen LogP contribution in [-0.4, -0.2) is 98.2 Å². The molecule has 0 aromatic heterocycles. The van der Waals surface area contributed by atoms with E-state index in [4.69, 9.17) is 4.74 Å². The van der Waals surface area contributed by atoms with Gasteiger partial charge in [-0.3, -0.25) is 24.1 Å². The smallest absolute Gasteiger partial charge is 0.319 e. The van der Waals surface area contributed by atoms with Crippen molar-refractivity contribution in [3.05, 3.63) is 114 Å². The number of carbonyl (C=O) groups excluding carboxylic acids is 4. The number of hydrogen-bond donors (Lipinski definition) is 3. The van der Waals surface area contributed by atoms with Crippen molar-refractivity contribution in [3.63, 3.8) is 0 Å². The molecule has 0 fully saturated rings. The third-order valence-corrected chi connectivity index (χ3v) is 8.00. The van der Waals surface area contributed by atoms with Gasteiger partial charge in [-0.1, -0.05) is 48.5 Å². The molecule has 0 heterocycles. The van der Waals surface area contributed by atoms with E-state index in [9.17, 15) is 29.1 Å². The number of amides is 5. The van der Waals surface area contributed by atoms with E-state index < -0.39 is 42.8 Å². The standard InChI is InChI=1S/C38H41N5O7.Na/c1-25-18-26(2)20-31(19-25)42(5)36(46)24-50-33-17-10-9-16-32(33)43(23-35(45)41(4)30-14-7-6-8-15-30)34(44)22-39-38(49)40-29-13-11-12-28(21-29)27(3)37(47)48;/h6-21,27H,22-24H2,1-5H3,(H,47,48)(H2,39,40,49);. The summed E-state index contributed by atoms with van der Waals surface area (Å²) in [4.78, 5) is 68.8. The maximum absolute atomic E-state index is 13.8. The molecule has 51 heavy (non-hydrogen) atoms. The van der Waals surface area contributed by atoms with Crippen LogP contribution in [-0.2, 0) is 19.2 Å². The minimum absolute atomic E-state index is 0. The van der Waals surface area contributed by atoms with Crippen molar-refractivity contribution in [1.82, 2.24) is 5.32 Å². The average Bonchev–Trinajstić information content (AvgIpc) is 3.10. The Bertz CT molecular complexity index is 1850. The van der Waals surface area contributed by atoms with E-state index in [1.54, 1.807) is 80.8 Å². The van der Waals surface area contributed by atoms with Gasteiger partial charge < -0.3 is 30.3 Å². The molecule has 0 spiro atoms. The number of aryl methyl sites for hydroxylation is 2. The van der Waals surface area contributed by atoms with Crippen molar-refractivity contribution >= 4 is 82.0 Å². The van der Waals surface area contributed by atoms with Crippen LogP contribution in [0.4, 0.5) is 27.5 Å². The third-order valence-electron chi connectivity index (χ3n) is 8.00. The Morgan fingerprint density at radius 1 is 0.745 bits per heavy atom. The van der Waals surface area contributed by atoms with E-state index in [-0.39, 0.29) is 53.5 Å².